The molecule has 0 aliphatic heterocycles. The molecular formula is C18H22N2O4S2. The molecule has 0 spiro atoms. The summed E-state index contributed by atoms with van der Waals surface area (Å²) in [6.45, 7) is 0.170. The van der Waals surface area contributed by atoms with Crippen molar-refractivity contribution in [3.8, 4) is 0 Å². The van der Waals surface area contributed by atoms with Gasteiger partial charge in [0.2, 0.25) is 10.0 Å². The van der Waals surface area contributed by atoms with Gasteiger partial charge in [0.05, 0.1) is 18.6 Å². The van der Waals surface area contributed by atoms with Gasteiger partial charge in [0.25, 0.3) is 0 Å². The Kier molecular flexibility index (Phi) is 6.05. The van der Waals surface area contributed by atoms with E-state index in [9.17, 15) is 13.2 Å². The van der Waals surface area contributed by atoms with Crippen molar-refractivity contribution >= 4 is 27.3 Å². The molecule has 8 heteroatoms. The van der Waals surface area contributed by atoms with Gasteiger partial charge in [-0.15, -0.1) is 11.3 Å². The molecule has 140 valence electrons. The number of nitrogens with zero attached hydrogens (tertiary/aromatic N) is 2. The van der Waals surface area contributed by atoms with Crippen LogP contribution in [0.3, 0.4) is 0 Å². The standard InChI is InChI=1S/C18H22N2O4S2/c1-24-18(21)16-13-25-17(19-16)12-20(14-8-4-2-5-9-14)26(22,23)15-10-6-3-7-11-15/h3,6-7,10-11,13-14H,2,4-5,8-9,12H2,1H3. The van der Waals surface area contributed by atoms with Crippen molar-refractivity contribution in [1.29, 1.82) is 0 Å². The molecule has 1 aromatic heterocycles. The smallest absolute Gasteiger partial charge is 0.357 e. The fourth-order valence-electron chi connectivity index (χ4n) is 3.22. The van der Waals surface area contributed by atoms with E-state index in [0.717, 1.165) is 32.1 Å². The zero-order chi connectivity index (χ0) is 18.6. The van der Waals surface area contributed by atoms with Gasteiger partial charge in [-0.25, -0.2) is 18.2 Å². The minimum Gasteiger partial charge on any atom is -0.464 e. The van der Waals surface area contributed by atoms with Gasteiger partial charge in [0.15, 0.2) is 5.69 Å². The topological polar surface area (TPSA) is 76.6 Å². The van der Waals surface area contributed by atoms with Crippen molar-refractivity contribution in [2.75, 3.05) is 7.11 Å². The van der Waals surface area contributed by atoms with Crippen LogP contribution in [-0.4, -0.2) is 36.8 Å². The Morgan fingerprint density at radius 3 is 2.58 bits per heavy atom. The number of ether oxygens (including phenoxy) is 1. The second-order valence-electron chi connectivity index (χ2n) is 6.27. The molecule has 0 N–H and O–H groups in total. The maximum Gasteiger partial charge on any atom is 0.357 e. The van der Waals surface area contributed by atoms with Gasteiger partial charge < -0.3 is 4.74 Å². The normalized spacial score (nSPS) is 15.9. The second-order valence-corrected chi connectivity index (χ2v) is 9.11. The molecule has 1 aromatic carbocycles. The Labute approximate surface area is 157 Å². The van der Waals surface area contributed by atoms with Crippen LogP contribution >= 0.6 is 11.3 Å². The number of thiazole rings is 1. The third-order valence-corrected chi connectivity index (χ3v) is 7.32. The highest BCUT2D eigenvalue weighted by molar-refractivity contribution is 7.89. The van der Waals surface area contributed by atoms with E-state index in [-0.39, 0.29) is 23.2 Å². The molecule has 1 saturated carbocycles. The molecule has 1 fully saturated rings. The highest BCUT2D eigenvalue weighted by Crippen LogP contribution is 2.30. The maximum atomic E-state index is 13.2. The maximum absolute atomic E-state index is 13.2. The minimum absolute atomic E-state index is 0.0422. The molecule has 3 rings (SSSR count). The molecule has 0 unspecified atom stereocenters. The van der Waals surface area contributed by atoms with Gasteiger partial charge in [-0.2, -0.15) is 4.31 Å². The number of sulfonamides is 1. The number of rotatable bonds is 6. The summed E-state index contributed by atoms with van der Waals surface area (Å²) in [5.41, 5.74) is 0.216. The predicted octanol–water partition coefficient (Wildman–Crippen LogP) is 3.45. The summed E-state index contributed by atoms with van der Waals surface area (Å²) < 4.78 is 32.7. The number of esters is 1. The lowest BCUT2D eigenvalue weighted by atomic mass is 9.95. The summed E-state index contributed by atoms with van der Waals surface area (Å²) >= 11 is 1.28. The number of carbonyl (C=O) groups excluding carboxylic acids is 1. The van der Waals surface area contributed by atoms with E-state index in [0.29, 0.717) is 5.01 Å². The lowest BCUT2D eigenvalue weighted by Gasteiger charge is -2.32. The van der Waals surface area contributed by atoms with Crippen molar-refractivity contribution in [1.82, 2.24) is 9.29 Å². The van der Waals surface area contributed by atoms with Gasteiger partial charge in [-0.05, 0) is 25.0 Å². The molecule has 0 saturated heterocycles. The molecule has 2 aromatic rings. The summed E-state index contributed by atoms with van der Waals surface area (Å²) in [6, 6.07) is 8.45. The average Bonchev–Trinajstić information content (AvgIpc) is 3.15. The number of aromatic nitrogens is 1. The van der Waals surface area contributed by atoms with Crippen LogP contribution in [0, 0.1) is 0 Å². The van der Waals surface area contributed by atoms with Crippen LogP contribution in [0.25, 0.3) is 0 Å². The number of carbonyl (C=O) groups is 1. The summed E-state index contributed by atoms with van der Waals surface area (Å²) in [6.07, 6.45) is 4.88. The number of benzene rings is 1. The average molecular weight is 395 g/mol. The van der Waals surface area contributed by atoms with E-state index in [1.54, 1.807) is 40.0 Å². The van der Waals surface area contributed by atoms with Gasteiger partial charge in [0.1, 0.15) is 5.01 Å². The third-order valence-electron chi connectivity index (χ3n) is 4.57. The van der Waals surface area contributed by atoms with Gasteiger partial charge in [-0.3, -0.25) is 0 Å². The van der Waals surface area contributed by atoms with Gasteiger partial charge >= 0.3 is 5.97 Å². The van der Waals surface area contributed by atoms with Crippen LogP contribution < -0.4 is 0 Å². The lowest BCUT2D eigenvalue weighted by Crippen LogP contribution is -2.40. The molecule has 0 atom stereocenters. The van der Waals surface area contributed by atoms with Crippen molar-refractivity contribution in [2.24, 2.45) is 0 Å². The van der Waals surface area contributed by atoms with Crippen molar-refractivity contribution in [3.05, 3.63) is 46.4 Å². The lowest BCUT2D eigenvalue weighted by molar-refractivity contribution is 0.0594. The highest BCUT2D eigenvalue weighted by Gasteiger charge is 2.33. The molecule has 1 aliphatic carbocycles. The zero-order valence-corrected chi connectivity index (χ0v) is 16.3. The van der Waals surface area contributed by atoms with Gasteiger partial charge in [-0.1, -0.05) is 37.5 Å². The molecule has 0 amide bonds. The summed E-state index contributed by atoms with van der Waals surface area (Å²) in [5, 5.41) is 2.20. The van der Waals surface area contributed by atoms with Crippen LogP contribution in [0.5, 0.6) is 0 Å². The SMILES string of the molecule is COC(=O)c1csc(CN(C2CCCCC2)S(=O)(=O)c2ccccc2)n1. The third kappa shape index (κ3) is 4.13. The molecule has 6 nitrogen and oxygen atoms in total. The Morgan fingerprint density at radius 2 is 1.92 bits per heavy atom. The monoisotopic (exact) mass is 394 g/mol. The first-order valence-corrected chi connectivity index (χ1v) is 10.9. The first-order chi connectivity index (χ1) is 12.5. The van der Waals surface area contributed by atoms with Gasteiger partial charge in [0, 0.05) is 11.4 Å². The Morgan fingerprint density at radius 1 is 1.23 bits per heavy atom. The highest BCUT2D eigenvalue weighted by atomic mass is 32.2. The van der Waals surface area contributed by atoms with E-state index >= 15 is 0 Å². The van der Waals surface area contributed by atoms with Crippen molar-refractivity contribution in [2.45, 2.75) is 49.6 Å². The van der Waals surface area contributed by atoms with E-state index in [1.807, 2.05) is 0 Å². The van der Waals surface area contributed by atoms with Crippen LogP contribution in [0.15, 0.2) is 40.6 Å². The minimum atomic E-state index is -3.63. The molecule has 1 heterocycles. The van der Waals surface area contributed by atoms with E-state index < -0.39 is 16.0 Å². The number of hydrogen-bond donors (Lipinski definition) is 0. The quantitative estimate of drug-likeness (QED) is 0.702. The van der Waals surface area contributed by atoms with Crippen molar-refractivity contribution < 1.29 is 17.9 Å². The summed E-state index contributed by atoms with van der Waals surface area (Å²) in [7, 11) is -2.33. The molecule has 1 aliphatic rings. The predicted molar refractivity (Wildman–Crippen MR) is 99.5 cm³/mol. The van der Waals surface area contributed by atoms with Crippen LogP contribution in [-0.2, 0) is 21.3 Å². The molecular weight excluding hydrogens is 372 g/mol. The van der Waals surface area contributed by atoms with Crippen LogP contribution in [0.2, 0.25) is 0 Å². The van der Waals surface area contributed by atoms with E-state index in [1.165, 1.54) is 18.4 Å². The van der Waals surface area contributed by atoms with E-state index in [2.05, 4.69) is 9.72 Å². The first kappa shape index (κ1) is 19.0. The molecule has 0 radical (unpaired) electrons. The largest absolute Gasteiger partial charge is 0.464 e. The first-order valence-electron chi connectivity index (χ1n) is 8.62. The summed E-state index contributed by atoms with van der Waals surface area (Å²) in [4.78, 5) is 16.2. The van der Waals surface area contributed by atoms with Crippen molar-refractivity contribution in [3.63, 3.8) is 0 Å². The fourth-order valence-corrected chi connectivity index (χ4v) is 5.73. The van der Waals surface area contributed by atoms with E-state index in [4.69, 9.17) is 0 Å². The Bertz CT molecular complexity index is 843. The summed E-state index contributed by atoms with van der Waals surface area (Å²) in [5.74, 6) is -0.511. The zero-order valence-electron chi connectivity index (χ0n) is 14.6. The fraction of sp³-hybridized carbons (Fsp3) is 0.444. The molecule has 0 bridgehead atoms. The Balaban J connectivity index is 1.91. The number of hydrogen-bond acceptors (Lipinski definition) is 6. The second kappa shape index (κ2) is 8.28. The van der Waals surface area contributed by atoms with Crippen LogP contribution in [0.1, 0.15) is 47.6 Å². The number of methoxy groups -OCH3 is 1. The molecule has 26 heavy (non-hydrogen) atoms. The van der Waals surface area contributed by atoms with Crippen LogP contribution in [0.4, 0.5) is 0 Å². The Hall–Kier alpha value is -1.77.